The molecular formula is C18H33N3O. The van der Waals surface area contributed by atoms with Gasteiger partial charge in [0.2, 0.25) is 5.91 Å². The molecule has 3 aliphatic heterocycles. The highest BCUT2D eigenvalue weighted by atomic mass is 16.2. The molecule has 0 aromatic heterocycles. The largest absolute Gasteiger partial charge is 0.341 e. The maximum atomic E-state index is 12.7. The van der Waals surface area contributed by atoms with Crippen molar-refractivity contribution in [2.24, 2.45) is 11.3 Å². The van der Waals surface area contributed by atoms with Gasteiger partial charge in [0.1, 0.15) is 0 Å². The molecule has 0 aromatic carbocycles. The van der Waals surface area contributed by atoms with Crippen molar-refractivity contribution in [3.8, 4) is 0 Å². The van der Waals surface area contributed by atoms with Gasteiger partial charge in [-0.1, -0.05) is 0 Å². The third kappa shape index (κ3) is 3.05. The smallest absolute Gasteiger partial charge is 0.227 e. The Hall–Kier alpha value is -0.610. The highest BCUT2D eigenvalue weighted by Gasteiger charge is 2.48. The Morgan fingerprint density at radius 2 is 1.55 bits per heavy atom. The fourth-order valence-corrected chi connectivity index (χ4v) is 4.47. The second kappa shape index (κ2) is 6.12. The quantitative estimate of drug-likeness (QED) is 0.798. The van der Waals surface area contributed by atoms with Crippen LogP contribution in [0.25, 0.3) is 0 Å². The normalized spacial score (nSPS) is 29.5. The lowest BCUT2D eigenvalue weighted by atomic mass is 9.71. The van der Waals surface area contributed by atoms with E-state index in [0.717, 1.165) is 32.6 Å². The summed E-state index contributed by atoms with van der Waals surface area (Å²) in [4.78, 5) is 19.9. The summed E-state index contributed by atoms with van der Waals surface area (Å²) in [5.74, 6) is 0.690. The number of likely N-dealkylation sites (tertiary alicyclic amines) is 3. The van der Waals surface area contributed by atoms with Gasteiger partial charge in [-0.25, -0.2) is 0 Å². The number of hydrogen-bond donors (Lipinski definition) is 0. The molecule has 4 heteroatoms. The molecule has 0 radical (unpaired) electrons. The van der Waals surface area contributed by atoms with Crippen molar-refractivity contribution in [1.29, 1.82) is 0 Å². The molecule has 4 nitrogen and oxygen atoms in total. The van der Waals surface area contributed by atoms with Crippen molar-refractivity contribution in [3.63, 3.8) is 0 Å². The lowest BCUT2D eigenvalue weighted by molar-refractivity contribution is -0.151. The standard InChI is InChI=1S/C18H33N3O/c1-14(2)19-9-6-18(7-10-19)12-21(13-18)17(22)16-5-8-20(11-16)15(3)4/h14-16H,5-13H2,1-4H3. The van der Waals surface area contributed by atoms with E-state index < -0.39 is 0 Å². The van der Waals surface area contributed by atoms with Gasteiger partial charge in [0.15, 0.2) is 0 Å². The van der Waals surface area contributed by atoms with E-state index in [1.165, 1.54) is 25.9 Å². The van der Waals surface area contributed by atoms with Crippen molar-refractivity contribution in [3.05, 3.63) is 0 Å². The van der Waals surface area contributed by atoms with Crippen molar-refractivity contribution in [1.82, 2.24) is 14.7 Å². The van der Waals surface area contributed by atoms with Crippen LogP contribution in [-0.4, -0.2) is 72.0 Å². The molecule has 0 aromatic rings. The molecule has 1 spiro atoms. The molecule has 3 rings (SSSR count). The fourth-order valence-electron chi connectivity index (χ4n) is 4.47. The third-order valence-corrected chi connectivity index (χ3v) is 6.25. The van der Waals surface area contributed by atoms with E-state index in [2.05, 4.69) is 42.4 Å². The number of rotatable bonds is 3. The topological polar surface area (TPSA) is 26.8 Å². The van der Waals surface area contributed by atoms with Crippen LogP contribution in [0, 0.1) is 11.3 Å². The zero-order valence-electron chi connectivity index (χ0n) is 14.8. The highest BCUT2D eigenvalue weighted by molar-refractivity contribution is 5.80. The molecule has 0 aliphatic carbocycles. The minimum Gasteiger partial charge on any atom is -0.341 e. The summed E-state index contributed by atoms with van der Waals surface area (Å²) in [6.07, 6.45) is 3.61. The molecule has 22 heavy (non-hydrogen) atoms. The fraction of sp³-hybridized carbons (Fsp3) is 0.944. The lowest BCUT2D eigenvalue weighted by Gasteiger charge is -2.55. The molecule has 0 N–H and O–H groups in total. The number of hydrogen-bond acceptors (Lipinski definition) is 3. The Labute approximate surface area is 135 Å². The number of nitrogens with zero attached hydrogens (tertiary/aromatic N) is 3. The van der Waals surface area contributed by atoms with Crippen LogP contribution in [0.5, 0.6) is 0 Å². The van der Waals surface area contributed by atoms with Gasteiger partial charge in [-0.3, -0.25) is 4.79 Å². The number of carbonyl (C=O) groups excluding carboxylic acids is 1. The van der Waals surface area contributed by atoms with Gasteiger partial charge in [0.25, 0.3) is 0 Å². The minimum atomic E-state index is 0.260. The first-order valence-electron chi connectivity index (χ1n) is 9.17. The lowest BCUT2D eigenvalue weighted by Crippen LogP contribution is -2.63. The van der Waals surface area contributed by atoms with Crippen molar-refractivity contribution < 1.29 is 4.79 Å². The van der Waals surface area contributed by atoms with Gasteiger partial charge in [0.05, 0.1) is 5.92 Å². The molecule has 1 unspecified atom stereocenters. The van der Waals surface area contributed by atoms with Gasteiger partial charge in [-0.2, -0.15) is 0 Å². The monoisotopic (exact) mass is 307 g/mol. The summed E-state index contributed by atoms with van der Waals surface area (Å²) in [5.41, 5.74) is 0.456. The second-order valence-electron chi connectivity index (χ2n) is 8.40. The van der Waals surface area contributed by atoms with E-state index >= 15 is 0 Å². The minimum absolute atomic E-state index is 0.260. The van der Waals surface area contributed by atoms with E-state index in [4.69, 9.17) is 0 Å². The molecule has 3 saturated heterocycles. The van der Waals surface area contributed by atoms with Crippen molar-refractivity contribution >= 4 is 5.91 Å². The highest BCUT2D eigenvalue weighted by Crippen LogP contribution is 2.41. The Kier molecular flexibility index (Phi) is 4.52. The van der Waals surface area contributed by atoms with Crippen molar-refractivity contribution in [2.45, 2.75) is 59.0 Å². The van der Waals surface area contributed by atoms with Crippen LogP contribution in [0.15, 0.2) is 0 Å². The first-order chi connectivity index (χ1) is 10.4. The van der Waals surface area contributed by atoms with Crippen LogP contribution in [0.1, 0.15) is 47.0 Å². The van der Waals surface area contributed by atoms with E-state index in [-0.39, 0.29) is 5.92 Å². The Morgan fingerprint density at radius 1 is 0.955 bits per heavy atom. The number of piperidine rings is 1. The average Bonchev–Trinajstić information content (AvgIpc) is 2.94. The zero-order chi connectivity index (χ0) is 15.9. The van der Waals surface area contributed by atoms with Crippen LogP contribution in [-0.2, 0) is 4.79 Å². The van der Waals surface area contributed by atoms with Crippen LogP contribution < -0.4 is 0 Å². The summed E-state index contributed by atoms with van der Waals surface area (Å²) in [7, 11) is 0. The summed E-state index contributed by atoms with van der Waals surface area (Å²) in [5, 5.41) is 0. The van der Waals surface area contributed by atoms with E-state index in [0.29, 0.717) is 23.4 Å². The van der Waals surface area contributed by atoms with Crippen molar-refractivity contribution in [2.75, 3.05) is 39.3 Å². The van der Waals surface area contributed by atoms with E-state index in [1.54, 1.807) is 0 Å². The number of amides is 1. The van der Waals surface area contributed by atoms with Gasteiger partial charge in [0, 0.05) is 37.1 Å². The molecule has 0 saturated carbocycles. The SMILES string of the molecule is CC(C)N1CCC2(CC1)CN(C(=O)C1CCN(C(C)C)C1)C2. The van der Waals surface area contributed by atoms with Crippen LogP contribution in [0.3, 0.4) is 0 Å². The summed E-state index contributed by atoms with van der Waals surface area (Å²) >= 11 is 0. The van der Waals surface area contributed by atoms with E-state index in [1.807, 2.05) is 0 Å². The number of carbonyl (C=O) groups is 1. The first-order valence-corrected chi connectivity index (χ1v) is 9.17. The molecule has 1 atom stereocenters. The molecule has 126 valence electrons. The third-order valence-electron chi connectivity index (χ3n) is 6.25. The second-order valence-corrected chi connectivity index (χ2v) is 8.40. The van der Waals surface area contributed by atoms with Gasteiger partial charge < -0.3 is 14.7 Å². The predicted molar refractivity (Wildman–Crippen MR) is 89.8 cm³/mol. The molecular weight excluding hydrogens is 274 g/mol. The Morgan fingerprint density at radius 3 is 2.05 bits per heavy atom. The van der Waals surface area contributed by atoms with Crippen LogP contribution in [0.2, 0.25) is 0 Å². The summed E-state index contributed by atoms with van der Waals surface area (Å²) in [6, 6.07) is 1.23. The molecule has 3 aliphatic rings. The maximum absolute atomic E-state index is 12.7. The van der Waals surface area contributed by atoms with Crippen LogP contribution in [0.4, 0.5) is 0 Å². The molecule has 1 amide bonds. The van der Waals surface area contributed by atoms with E-state index in [9.17, 15) is 4.79 Å². The maximum Gasteiger partial charge on any atom is 0.227 e. The molecule has 0 bridgehead atoms. The van der Waals surface area contributed by atoms with Gasteiger partial charge in [-0.15, -0.1) is 0 Å². The van der Waals surface area contributed by atoms with Crippen LogP contribution >= 0.6 is 0 Å². The zero-order valence-corrected chi connectivity index (χ0v) is 14.8. The average molecular weight is 307 g/mol. The predicted octanol–water partition coefficient (Wildman–Crippen LogP) is 2.05. The van der Waals surface area contributed by atoms with Gasteiger partial charge >= 0.3 is 0 Å². The van der Waals surface area contributed by atoms with Gasteiger partial charge in [-0.05, 0) is 66.6 Å². The summed E-state index contributed by atoms with van der Waals surface area (Å²) < 4.78 is 0. The first kappa shape index (κ1) is 16.3. The molecule has 3 fully saturated rings. The summed E-state index contributed by atoms with van der Waals surface area (Å²) in [6.45, 7) is 15.6. The Balaban J connectivity index is 1.47. The molecule has 3 heterocycles. The Bertz CT molecular complexity index is 405.